The van der Waals surface area contributed by atoms with Crippen LogP contribution in [-0.2, 0) is 11.2 Å². The lowest BCUT2D eigenvalue weighted by molar-refractivity contribution is -0.385. The van der Waals surface area contributed by atoms with Crippen LogP contribution in [0.15, 0.2) is 23.4 Å². The Labute approximate surface area is 109 Å². The van der Waals surface area contributed by atoms with E-state index in [0.717, 1.165) is 5.56 Å². The number of nitro benzene ring substituents is 1. The number of aliphatic carboxylic acids is 1. The van der Waals surface area contributed by atoms with Crippen molar-refractivity contribution in [3.63, 3.8) is 0 Å². The zero-order valence-electron chi connectivity index (χ0n) is 10.5. The van der Waals surface area contributed by atoms with Gasteiger partial charge < -0.3 is 10.3 Å². The average molecular weight is 266 g/mol. The quantitative estimate of drug-likeness (QED) is 0.367. The van der Waals surface area contributed by atoms with E-state index in [2.05, 4.69) is 5.16 Å². The van der Waals surface area contributed by atoms with Gasteiger partial charge in [0.2, 0.25) is 0 Å². The summed E-state index contributed by atoms with van der Waals surface area (Å²) in [7, 11) is 0. The van der Waals surface area contributed by atoms with Gasteiger partial charge in [-0.25, -0.2) is 4.79 Å². The third kappa shape index (κ3) is 3.51. The van der Waals surface area contributed by atoms with Crippen LogP contribution < -0.4 is 0 Å². The topological polar surface area (TPSA) is 113 Å². The maximum absolute atomic E-state index is 11.0. The highest BCUT2D eigenvalue weighted by molar-refractivity contribution is 6.36. The summed E-state index contributed by atoms with van der Waals surface area (Å²) in [5, 5.41) is 30.9. The van der Waals surface area contributed by atoms with Gasteiger partial charge in [-0.3, -0.25) is 10.1 Å². The van der Waals surface area contributed by atoms with Crippen LogP contribution in [0.3, 0.4) is 0 Å². The van der Waals surface area contributed by atoms with Crippen molar-refractivity contribution in [1.82, 2.24) is 0 Å². The Morgan fingerprint density at radius 2 is 2.11 bits per heavy atom. The van der Waals surface area contributed by atoms with Crippen LogP contribution in [-0.4, -0.2) is 26.9 Å². The van der Waals surface area contributed by atoms with Crippen molar-refractivity contribution in [3.8, 4) is 0 Å². The molecule has 102 valence electrons. The summed E-state index contributed by atoms with van der Waals surface area (Å²) in [5.41, 5.74) is 0.270. The van der Waals surface area contributed by atoms with Crippen molar-refractivity contribution in [3.05, 3.63) is 39.4 Å². The molecule has 0 saturated heterocycles. The molecule has 0 aromatic heterocycles. The highest BCUT2D eigenvalue weighted by Gasteiger charge is 2.20. The third-order valence-corrected chi connectivity index (χ3v) is 2.70. The molecule has 19 heavy (non-hydrogen) atoms. The van der Waals surface area contributed by atoms with Gasteiger partial charge in [0.25, 0.3) is 5.69 Å². The normalized spacial score (nSPS) is 11.6. The molecule has 0 radical (unpaired) electrons. The number of carboxylic acids is 1. The van der Waals surface area contributed by atoms with Crippen LogP contribution in [0.2, 0.25) is 0 Å². The number of rotatable bonds is 5. The van der Waals surface area contributed by atoms with E-state index < -0.39 is 16.6 Å². The molecule has 0 heterocycles. The van der Waals surface area contributed by atoms with Crippen molar-refractivity contribution in [2.24, 2.45) is 5.16 Å². The first kappa shape index (κ1) is 14.6. The van der Waals surface area contributed by atoms with Crippen molar-refractivity contribution in [2.75, 3.05) is 0 Å². The van der Waals surface area contributed by atoms with E-state index in [-0.39, 0.29) is 23.6 Å². The Balaban J connectivity index is 3.21. The average Bonchev–Trinajstić information content (AvgIpc) is 2.35. The van der Waals surface area contributed by atoms with Crippen LogP contribution in [0.4, 0.5) is 5.69 Å². The summed E-state index contributed by atoms with van der Waals surface area (Å²) < 4.78 is 0. The zero-order chi connectivity index (χ0) is 14.6. The first-order valence-electron chi connectivity index (χ1n) is 5.58. The first-order chi connectivity index (χ1) is 8.86. The van der Waals surface area contributed by atoms with E-state index in [1.54, 1.807) is 6.07 Å². The lowest BCUT2D eigenvalue weighted by Crippen LogP contribution is -2.16. The molecule has 0 aliphatic heterocycles. The molecule has 1 aromatic rings. The minimum Gasteiger partial charge on any atom is -0.477 e. The van der Waals surface area contributed by atoms with Crippen LogP contribution in [0.1, 0.15) is 30.9 Å². The first-order valence-corrected chi connectivity index (χ1v) is 5.58. The monoisotopic (exact) mass is 266 g/mol. The van der Waals surface area contributed by atoms with Crippen molar-refractivity contribution < 1.29 is 20.0 Å². The predicted molar refractivity (Wildman–Crippen MR) is 67.7 cm³/mol. The standard InChI is InChI=1S/C12H14N2O5/c1-7(2)8-3-4-9(11(6-8)14(18)19)5-10(13-17)12(15)16/h3-4,6-7,17H,5H2,1-2H3,(H,15,16)/b13-10-. The van der Waals surface area contributed by atoms with Crippen molar-refractivity contribution >= 4 is 17.4 Å². The van der Waals surface area contributed by atoms with Gasteiger partial charge in [-0.15, -0.1) is 0 Å². The second-order valence-corrected chi connectivity index (χ2v) is 4.33. The molecule has 0 spiro atoms. The Morgan fingerprint density at radius 1 is 1.47 bits per heavy atom. The fraction of sp³-hybridized carbons (Fsp3) is 0.333. The summed E-state index contributed by atoms with van der Waals surface area (Å²) in [6, 6.07) is 4.60. The Morgan fingerprint density at radius 3 is 2.53 bits per heavy atom. The minimum absolute atomic E-state index is 0.123. The number of hydrogen-bond acceptors (Lipinski definition) is 5. The number of oxime groups is 1. The molecular weight excluding hydrogens is 252 g/mol. The molecule has 2 N–H and O–H groups in total. The predicted octanol–water partition coefficient (Wildman–Crippen LogP) is 2.18. The Bertz CT molecular complexity index is 537. The minimum atomic E-state index is -1.41. The molecule has 7 heteroatoms. The third-order valence-electron chi connectivity index (χ3n) is 2.70. The van der Waals surface area contributed by atoms with E-state index in [1.807, 2.05) is 13.8 Å². The Kier molecular flexibility index (Phi) is 4.57. The molecule has 1 rings (SSSR count). The van der Waals surface area contributed by atoms with E-state index in [0.29, 0.717) is 0 Å². The van der Waals surface area contributed by atoms with Crippen LogP contribution in [0, 0.1) is 10.1 Å². The molecule has 7 nitrogen and oxygen atoms in total. The van der Waals surface area contributed by atoms with E-state index in [9.17, 15) is 14.9 Å². The molecule has 0 saturated carbocycles. The maximum atomic E-state index is 11.0. The number of hydrogen-bond donors (Lipinski definition) is 2. The summed E-state index contributed by atoms with van der Waals surface area (Å²) in [6.45, 7) is 3.80. The number of carbonyl (C=O) groups is 1. The number of benzene rings is 1. The number of nitro groups is 1. The molecule has 0 atom stereocenters. The highest BCUT2D eigenvalue weighted by atomic mass is 16.6. The fourth-order valence-electron chi connectivity index (χ4n) is 1.59. The molecule has 0 aliphatic carbocycles. The summed E-state index contributed by atoms with van der Waals surface area (Å²) in [4.78, 5) is 21.2. The van der Waals surface area contributed by atoms with Crippen molar-refractivity contribution in [1.29, 1.82) is 0 Å². The Hall–Kier alpha value is -2.44. The highest BCUT2D eigenvalue weighted by Crippen LogP contribution is 2.25. The molecule has 1 aromatic carbocycles. The van der Waals surface area contributed by atoms with Gasteiger partial charge in [0.1, 0.15) is 0 Å². The molecule has 0 amide bonds. The lowest BCUT2D eigenvalue weighted by atomic mass is 9.98. The van der Waals surface area contributed by atoms with Gasteiger partial charge in [-0.05, 0) is 11.5 Å². The molecule has 0 aliphatic rings. The second-order valence-electron chi connectivity index (χ2n) is 4.33. The van der Waals surface area contributed by atoms with Crippen molar-refractivity contribution in [2.45, 2.75) is 26.2 Å². The molecule has 0 bridgehead atoms. The molecule has 0 unspecified atom stereocenters. The van der Waals surface area contributed by atoms with E-state index >= 15 is 0 Å². The van der Waals surface area contributed by atoms with Gasteiger partial charge in [0.15, 0.2) is 5.71 Å². The number of nitrogens with zero attached hydrogens (tertiary/aromatic N) is 2. The van der Waals surface area contributed by atoms with Crippen LogP contribution in [0.25, 0.3) is 0 Å². The SMILES string of the molecule is CC(C)c1ccc(C/C(=N/O)C(=O)O)c([N+](=O)[O-])c1. The second kappa shape index (κ2) is 5.94. The van der Waals surface area contributed by atoms with E-state index in [1.165, 1.54) is 12.1 Å². The fourth-order valence-corrected chi connectivity index (χ4v) is 1.59. The van der Waals surface area contributed by atoms with Gasteiger partial charge in [-0.2, -0.15) is 0 Å². The van der Waals surface area contributed by atoms with Gasteiger partial charge in [0.05, 0.1) is 4.92 Å². The maximum Gasteiger partial charge on any atom is 0.354 e. The summed E-state index contributed by atoms with van der Waals surface area (Å²) in [6.07, 6.45) is -0.305. The largest absolute Gasteiger partial charge is 0.477 e. The molecule has 0 fully saturated rings. The lowest BCUT2D eigenvalue weighted by Gasteiger charge is -2.08. The van der Waals surface area contributed by atoms with Gasteiger partial charge in [-0.1, -0.05) is 31.1 Å². The van der Waals surface area contributed by atoms with Crippen LogP contribution >= 0.6 is 0 Å². The van der Waals surface area contributed by atoms with Crippen LogP contribution in [0.5, 0.6) is 0 Å². The zero-order valence-corrected chi connectivity index (χ0v) is 10.5. The molecular formula is C12H14N2O5. The summed E-state index contributed by atoms with van der Waals surface area (Å²) in [5.74, 6) is -1.29. The number of carboxylic acid groups (broad SMARTS) is 1. The summed E-state index contributed by atoms with van der Waals surface area (Å²) >= 11 is 0. The van der Waals surface area contributed by atoms with E-state index in [4.69, 9.17) is 10.3 Å². The van der Waals surface area contributed by atoms with Gasteiger partial charge >= 0.3 is 5.97 Å². The van der Waals surface area contributed by atoms with Gasteiger partial charge in [0, 0.05) is 18.1 Å². The smallest absolute Gasteiger partial charge is 0.354 e.